The Morgan fingerprint density at radius 2 is 2.21 bits per heavy atom. The number of hydrogen-bond acceptors (Lipinski definition) is 2. The van der Waals surface area contributed by atoms with Gasteiger partial charge in [-0.15, -0.1) is 0 Å². The highest BCUT2D eigenvalue weighted by Crippen LogP contribution is 2.18. The van der Waals surface area contributed by atoms with E-state index in [1.165, 1.54) is 0 Å². The van der Waals surface area contributed by atoms with Crippen molar-refractivity contribution in [3.8, 4) is 0 Å². The zero-order valence-corrected chi connectivity index (χ0v) is 8.11. The monoisotopic (exact) mass is 189 g/mol. The van der Waals surface area contributed by atoms with Crippen LogP contribution in [0.5, 0.6) is 0 Å². The largest absolute Gasteiger partial charge is 0.366 e. The molecule has 1 heterocycles. The van der Waals surface area contributed by atoms with E-state index in [-0.39, 0.29) is 0 Å². The molecule has 14 heavy (non-hydrogen) atoms. The van der Waals surface area contributed by atoms with Crippen molar-refractivity contribution in [1.82, 2.24) is 9.78 Å². The summed E-state index contributed by atoms with van der Waals surface area (Å²) in [7, 11) is 1.85. The Kier molecular flexibility index (Phi) is 1.77. The normalized spacial score (nSPS) is 10.7. The van der Waals surface area contributed by atoms with Gasteiger partial charge in [0.25, 0.3) is 0 Å². The van der Waals surface area contributed by atoms with E-state index < -0.39 is 5.91 Å². The van der Waals surface area contributed by atoms with E-state index in [9.17, 15) is 4.79 Å². The highest BCUT2D eigenvalue weighted by molar-refractivity contribution is 5.97. The van der Waals surface area contributed by atoms with E-state index in [4.69, 9.17) is 5.73 Å². The summed E-state index contributed by atoms with van der Waals surface area (Å²) < 4.78 is 1.72. The quantitative estimate of drug-likeness (QED) is 0.726. The maximum Gasteiger partial charge on any atom is 0.248 e. The second kappa shape index (κ2) is 2.83. The van der Waals surface area contributed by atoms with Crippen LogP contribution >= 0.6 is 0 Å². The number of nitrogens with zero attached hydrogens (tertiary/aromatic N) is 2. The minimum absolute atomic E-state index is 0.416. The Morgan fingerprint density at radius 3 is 2.86 bits per heavy atom. The van der Waals surface area contributed by atoms with Crippen molar-refractivity contribution < 1.29 is 4.79 Å². The van der Waals surface area contributed by atoms with Crippen LogP contribution in [-0.4, -0.2) is 15.7 Å². The number of nitrogens with two attached hydrogens (primary N) is 1. The van der Waals surface area contributed by atoms with E-state index in [1.54, 1.807) is 16.8 Å². The molecule has 72 valence electrons. The first-order valence-electron chi connectivity index (χ1n) is 4.32. The van der Waals surface area contributed by atoms with E-state index in [0.29, 0.717) is 5.56 Å². The van der Waals surface area contributed by atoms with Crippen LogP contribution in [0.25, 0.3) is 10.9 Å². The van der Waals surface area contributed by atoms with Crippen molar-refractivity contribution in [3.63, 3.8) is 0 Å². The van der Waals surface area contributed by atoms with Gasteiger partial charge in [-0.1, -0.05) is 0 Å². The van der Waals surface area contributed by atoms with Crippen LogP contribution in [0.1, 0.15) is 15.9 Å². The lowest BCUT2D eigenvalue weighted by atomic mass is 10.1. The van der Waals surface area contributed by atoms with Crippen LogP contribution in [0.2, 0.25) is 0 Å². The molecule has 2 aromatic rings. The Balaban J connectivity index is 2.77. The molecule has 0 aliphatic heterocycles. The number of hydrogen-bond donors (Lipinski definition) is 1. The van der Waals surface area contributed by atoms with Crippen LogP contribution in [0.3, 0.4) is 0 Å². The summed E-state index contributed by atoms with van der Waals surface area (Å²) in [4.78, 5) is 11.0. The van der Waals surface area contributed by atoms with Gasteiger partial charge in [0.1, 0.15) is 0 Å². The second-order valence-corrected chi connectivity index (χ2v) is 3.39. The van der Waals surface area contributed by atoms with Gasteiger partial charge in [-0.05, 0) is 24.6 Å². The van der Waals surface area contributed by atoms with Gasteiger partial charge in [0.05, 0.1) is 5.52 Å². The number of aryl methyl sites for hydroxylation is 2. The van der Waals surface area contributed by atoms with Crippen molar-refractivity contribution in [2.45, 2.75) is 6.92 Å². The molecule has 0 aliphatic rings. The average molecular weight is 189 g/mol. The maximum absolute atomic E-state index is 11.0. The van der Waals surface area contributed by atoms with Gasteiger partial charge >= 0.3 is 0 Å². The Bertz CT molecular complexity index is 513. The van der Waals surface area contributed by atoms with Gasteiger partial charge in [-0.2, -0.15) is 5.10 Å². The molecular formula is C10H11N3O. The third-order valence-electron chi connectivity index (χ3n) is 2.23. The predicted octanol–water partition coefficient (Wildman–Crippen LogP) is 0.981. The van der Waals surface area contributed by atoms with E-state index in [1.807, 2.05) is 20.2 Å². The molecule has 1 amide bonds. The molecule has 1 aromatic heterocycles. The number of amides is 1. The summed E-state index contributed by atoms with van der Waals surface area (Å²) in [5, 5.41) is 5.28. The number of carbonyl (C=O) groups excluding carboxylic acids is 1. The van der Waals surface area contributed by atoms with E-state index in [2.05, 4.69) is 5.10 Å². The van der Waals surface area contributed by atoms with Gasteiger partial charge in [0, 0.05) is 24.2 Å². The van der Waals surface area contributed by atoms with Gasteiger partial charge in [0.15, 0.2) is 0 Å². The van der Waals surface area contributed by atoms with Gasteiger partial charge in [-0.3, -0.25) is 9.48 Å². The molecule has 0 spiro atoms. The topological polar surface area (TPSA) is 60.9 Å². The van der Waals surface area contributed by atoms with Crippen molar-refractivity contribution >= 4 is 16.8 Å². The zero-order valence-electron chi connectivity index (χ0n) is 8.11. The Labute approximate surface area is 81.3 Å². The molecule has 0 unspecified atom stereocenters. The molecule has 0 radical (unpaired) electrons. The lowest BCUT2D eigenvalue weighted by molar-refractivity contribution is 0.100. The molecule has 0 saturated heterocycles. The van der Waals surface area contributed by atoms with Crippen LogP contribution in [0.4, 0.5) is 0 Å². The third-order valence-corrected chi connectivity index (χ3v) is 2.23. The maximum atomic E-state index is 11.0. The fraction of sp³-hybridized carbons (Fsp3) is 0.200. The van der Waals surface area contributed by atoms with Gasteiger partial charge in [-0.25, -0.2) is 0 Å². The molecule has 4 heteroatoms. The molecule has 0 saturated carbocycles. The number of benzene rings is 1. The van der Waals surface area contributed by atoms with Crippen molar-refractivity contribution in [2.75, 3.05) is 0 Å². The molecule has 0 fully saturated rings. The number of primary amides is 1. The van der Waals surface area contributed by atoms with Crippen LogP contribution < -0.4 is 5.73 Å². The zero-order chi connectivity index (χ0) is 10.3. The second-order valence-electron chi connectivity index (χ2n) is 3.39. The van der Waals surface area contributed by atoms with Crippen molar-refractivity contribution in [1.29, 1.82) is 0 Å². The molecule has 4 nitrogen and oxygen atoms in total. The summed E-state index contributed by atoms with van der Waals surface area (Å²) in [5.41, 5.74) is 7.54. The Morgan fingerprint density at radius 1 is 1.50 bits per heavy atom. The fourth-order valence-corrected chi connectivity index (χ4v) is 1.56. The SMILES string of the molecule is Cc1cc(C(N)=O)cc2nn(C)cc12. The fourth-order valence-electron chi connectivity index (χ4n) is 1.56. The minimum atomic E-state index is -0.416. The van der Waals surface area contributed by atoms with Crippen LogP contribution in [-0.2, 0) is 7.05 Å². The molecule has 0 aliphatic carbocycles. The lowest BCUT2D eigenvalue weighted by Crippen LogP contribution is -2.10. The van der Waals surface area contributed by atoms with E-state index >= 15 is 0 Å². The lowest BCUT2D eigenvalue weighted by Gasteiger charge is -1.98. The number of carbonyl (C=O) groups is 1. The molecule has 0 bridgehead atoms. The molecule has 2 N–H and O–H groups in total. The molecular weight excluding hydrogens is 178 g/mol. The standard InChI is InChI=1S/C10H11N3O/c1-6-3-7(10(11)14)4-9-8(6)5-13(2)12-9/h3-5H,1-2H3,(H2,11,14). The van der Waals surface area contributed by atoms with Gasteiger partial charge < -0.3 is 5.73 Å². The van der Waals surface area contributed by atoms with Crippen molar-refractivity contribution in [2.24, 2.45) is 12.8 Å². The first-order valence-corrected chi connectivity index (χ1v) is 4.32. The molecule has 1 aromatic carbocycles. The summed E-state index contributed by atoms with van der Waals surface area (Å²) in [6, 6.07) is 3.50. The smallest absolute Gasteiger partial charge is 0.248 e. The summed E-state index contributed by atoms with van der Waals surface area (Å²) >= 11 is 0. The Hall–Kier alpha value is -1.84. The summed E-state index contributed by atoms with van der Waals surface area (Å²) in [5.74, 6) is -0.416. The van der Waals surface area contributed by atoms with Crippen molar-refractivity contribution in [3.05, 3.63) is 29.5 Å². The minimum Gasteiger partial charge on any atom is -0.366 e. The average Bonchev–Trinajstić information content (AvgIpc) is 2.45. The third kappa shape index (κ3) is 1.25. The number of aromatic nitrogens is 2. The number of rotatable bonds is 1. The van der Waals surface area contributed by atoms with Crippen LogP contribution in [0, 0.1) is 6.92 Å². The summed E-state index contributed by atoms with van der Waals surface area (Å²) in [6.45, 7) is 1.94. The van der Waals surface area contributed by atoms with Crippen LogP contribution in [0.15, 0.2) is 18.3 Å². The molecule has 2 rings (SSSR count). The predicted molar refractivity (Wildman–Crippen MR) is 54.0 cm³/mol. The van der Waals surface area contributed by atoms with Gasteiger partial charge in [0.2, 0.25) is 5.91 Å². The first-order chi connectivity index (χ1) is 6.58. The highest BCUT2D eigenvalue weighted by Gasteiger charge is 2.07. The number of fused-ring (bicyclic) bond motifs is 1. The molecule has 0 atom stereocenters. The van der Waals surface area contributed by atoms with E-state index in [0.717, 1.165) is 16.5 Å². The first kappa shape index (κ1) is 8.74. The highest BCUT2D eigenvalue weighted by atomic mass is 16.1. The summed E-state index contributed by atoms with van der Waals surface area (Å²) in [6.07, 6.45) is 1.93.